The Labute approximate surface area is 97.4 Å². The lowest BCUT2D eigenvalue weighted by Gasteiger charge is -2.35. The minimum Gasteiger partial charge on any atom is -0.480 e. The van der Waals surface area contributed by atoms with E-state index >= 15 is 0 Å². The molecule has 0 unspecified atom stereocenters. The summed E-state index contributed by atoms with van der Waals surface area (Å²) in [6.07, 6.45) is 1.32. The van der Waals surface area contributed by atoms with Crippen LogP contribution < -0.4 is 5.32 Å². The van der Waals surface area contributed by atoms with E-state index in [9.17, 15) is 14.0 Å². The number of para-hydroxylation sites is 1. The van der Waals surface area contributed by atoms with E-state index in [0.29, 0.717) is 19.3 Å². The Kier molecular flexibility index (Phi) is 2.83. The van der Waals surface area contributed by atoms with Gasteiger partial charge in [0.05, 0.1) is 5.69 Å². The van der Waals surface area contributed by atoms with Crippen LogP contribution in [-0.2, 0) is 9.59 Å². The number of carbonyl (C=O) groups excluding carboxylic acids is 1. The highest BCUT2D eigenvalue weighted by Gasteiger charge is 2.51. The van der Waals surface area contributed by atoms with Crippen LogP contribution in [-0.4, -0.2) is 17.0 Å². The van der Waals surface area contributed by atoms with Gasteiger partial charge in [0.1, 0.15) is 11.2 Å². The van der Waals surface area contributed by atoms with E-state index in [0.717, 1.165) is 0 Å². The molecule has 0 aliphatic heterocycles. The Bertz CT molecular complexity index is 469. The predicted octanol–water partition coefficient (Wildman–Crippen LogP) is 2.02. The third-order valence-electron chi connectivity index (χ3n) is 3.17. The van der Waals surface area contributed by atoms with Crippen LogP contribution in [0.25, 0.3) is 0 Å². The summed E-state index contributed by atoms with van der Waals surface area (Å²) in [4.78, 5) is 22.9. The number of nitrogens with one attached hydrogen (secondary N) is 1. The molecule has 2 N–H and O–H groups in total. The van der Waals surface area contributed by atoms with Crippen molar-refractivity contribution in [2.45, 2.75) is 19.3 Å². The van der Waals surface area contributed by atoms with Crippen LogP contribution in [0.15, 0.2) is 24.3 Å². The van der Waals surface area contributed by atoms with E-state index in [1.54, 1.807) is 6.07 Å². The number of hydrogen-bond acceptors (Lipinski definition) is 2. The molecule has 5 heteroatoms. The van der Waals surface area contributed by atoms with Gasteiger partial charge in [-0.25, -0.2) is 4.39 Å². The number of amides is 1. The molecule has 0 spiro atoms. The van der Waals surface area contributed by atoms with E-state index in [-0.39, 0.29) is 5.69 Å². The topological polar surface area (TPSA) is 66.4 Å². The van der Waals surface area contributed by atoms with Crippen LogP contribution in [0.5, 0.6) is 0 Å². The standard InChI is InChI=1S/C12H12FNO3/c13-8-4-1-2-5-9(8)14-10(15)12(11(16)17)6-3-7-12/h1-2,4-5H,3,6-7H2,(H,14,15)(H,16,17). The fraction of sp³-hybridized carbons (Fsp3) is 0.333. The molecule has 1 fully saturated rings. The molecule has 0 atom stereocenters. The molecular formula is C12H12FNO3. The van der Waals surface area contributed by atoms with Crippen LogP contribution in [0.2, 0.25) is 0 Å². The molecule has 0 bridgehead atoms. The van der Waals surface area contributed by atoms with Crippen molar-refractivity contribution in [3.63, 3.8) is 0 Å². The zero-order valence-corrected chi connectivity index (χ0v) is 9.07. The van der Waals surface area contributed by atoms with Gasteiger partial charge < -0.3 is 10.4 Å². The third kappa shape index (κ3) is 1.88. The number of benzene rings is 1. The maximum atomic E-state index is 13.3. The van der Waals surface area contributed by atoms with Crippen LogP contribution in [0, 0.1) is 11.2 Å². The smallest absolute Gasteiger partial charge is 0.319 e. The summed E-state index contributed by atoms with van der Waals surface area (Å²) in [6.45, 7) is 0. The zero-order chi connectivity index (χ0) is 12.5. The molecular weight excluding hydrogens is 225 g/mol. The molecule has 4 nitrogen and oxygen atoms in total. The first-order valence-electron chi connectivity index (χ1n) is 5.36. The largest absolute Gasteiger partial charge is 0.480 e. The summed E-state index contributed by atoms with van der Waals surface area (Å²) in [5, 5.41) is 11.4. The second kappa shape index (κ2) is 4.16. The second-order valence-corrected chi connectivity index (χ2v) is 4.17. The molecule has 1 saturated carbocycles. The number of hydrogen-bond donors (Lipinski definition) is 2. The Morgan fingerprint density at radius 3 is 2.41 bits per heavy atom. The average Bonchev–Trinajstić information content (AvgIpc) is 2.19. The lowest BCUT2D eigenvalue weighted by Crippen LogP contribution is -2.48. The summed E-state index contributed by atoms with van der Waals surface area (Å²) in [6, 6.07) is 5.69. The number of halogens is 1. The molecule has 1 amide bonds. The summed E-state index contributed by atoms with van der Waals surface area (Å²) < 4.78 is 13.3. The molecule has 0 saturated heterocycles. The quantitative estimate of drug-likeness (QED) is 0.790. The normalized spacial score (nSPS) is 17.0. The summed E-state index contributed by atoms with van der Waals surface area (Å²) >= 11 is 0. The second-order valence-electron chi connectivity index (χ2n) is 4.17. The van der Waals surface area contributed by atoms with Crippen molar-refractivity contribution in [3.8, 4) is 0 Å². The fourth-order valence-electron chi connectivity index (χ4n) is 1.87. The molecule has 2 rings (SSSR count). The van der Waals surface area contributed by atoms with Crippen LogP contribution >= 0.6 is 0 Å². The number of carbonyl (C=O) groups is 2. The molecule has 1 aliphatic rings. The number of aliphatic carboxylic acids is 1. The molecule has 1 aromatic rings. The number of carboxylic acid groups (broad SMARTS) is 1. The SMILES string of the molecule is O=C(O)C1(C(=O)Nc2ccccc2F)CCC1. The minimum atomic E-state index is -1.37. The minimum absolute atomic E-state index is 0.0185. The van der Waals surface area contributed by atoms with Crippen molar-refractivity contribution in [2.24, 2.45) is 5.41 Å². The van der Waals surface area contributed by atoms with Gasteiger partial charge in [-0.1, -0.05) is 18.6 Å². The third-order valence-corrected chi connectivity index (χ3v) is 3.17. The number of carboxylic acids is 1. The molecule has 0 radical (unpaired) electrons. The summed E-state index contributed by atoms with van der Waals surface area (Å²) in [5.74, 6) is -2.35. The molecule has 17 heavy (non-hydrogen) atoms. The van der Waals surface area contributed by atoms with Crippen LogP contribution in [0.3, 0.4) is 0 Å². The Hall–Kier alpha value is -1.91. The van der Waals surface area contributed by atoms with Gasteiger partial charge in [-0.3, -0.25) is 9.59 Å². The molecule has 0 aromatic heterocycles. The van der Waals surface area contributed by atoms with E-state index in [2.05, 4.69) is 5.32 Å². The van der Waals surface area contributed by atoms with Gasteiger partial charge in [0.2, 0.25) is 5.91 Å². The van der Waals surface area contributed by atoms with E-state index in [1.807, 2.05) is 0 Å². The van der Waals surface area contributed by atoms with E-state index in [1.165, 1.54) is 18.2 Å². The highest BCUT2D eigenvalue weighted by atomic mass is 19.1. The van der Waals surface area contributed by atoms with Gasteiger partial charge in [-0.05, 0) is 25.0 Å². The highest BCUT2D eigenvalue weighted by molar-refractivity contribution is 6.09. The van der Waals surface area contributed by atoms with Crippen molar-refractivity contribution in [1.29, 1.82) is 0 Å². The first-order valence-corrected chi connectivity index (χ1v) is 5.36. The van der Waals surface area contributed by atoms with Crippen molar-refractivity contribution in [2.75, 3.05) is 5.32 Å². The highest BCUT2D eigenvalue weighted by Crippen LogP contribution is 2.42. The Balaban J connectivity index is 2.17. The van der Waals surface area contributed by atoms with Crippen molar-refractivity contribution >= 4 is 17.6 Å². The monoisotopic (exact) mass is 237 g/mol. The lowest BCUT2D eigenvalue weighted by atomic mass is 9.68. The molecule has 1 aliphatic carbocycles. The summed E-state index contributed by atoms with van der Waals surface area (Å²) in [5.41, 5.74) is -1.35. The zero-order valence-electron chi connectivity index (χ0n) is 9.07. The molecule has 0 heterocycles. The van der Waals surface area contributed by atoms with Crippen molar-refractivity contribution < 1.29 is 19.1 Å². The van der Waals surface area contributed by atoms with Gasteiger partial charge >= 0.3 is 5.97 Å². The van der Waals surface area contributed by atoms with Gasteiger partial charge in [0.25, 0.3) is 0 Å². The molecule has 1 aromatic carbocycles. The maximum absolute atomic E-state index is 13.3. The average molecular weight is 237 g/mol. The maximum Gasteiger partial charge on any atom is 0.319 e. The Morgan fingerprint density at radius 2 is 1.94 bits per heavy atom. The van der Waals surface area contributed by atoms with Crippen LogP contribution in [0.1, 0.15) is 19.3 Å². The lowest BCUT2D eigenvalue weighted by molar-refractivity contribution is -0.159. The van der Waals surface area contributed by atoms with Crippen molar-refractivity contribution in [3.05, 3.63) is 30.1 Å². The molecule has 90 valence electrons. The van der Waals surface area contributed by atoms with Gasteiger partial charge in [-0.2, -0.15) is 0 Å². The number of rotatable bonds is 3. The van der Waals surface area contributed by atoms with E-state index in [4.69, 9.17) is 5.11 Å². The van der Waals surface area contributed by atoms with Gasteiger partial charge in [0.15, 0.2) is 0 Å². The summed E-state index contributed by atoms with van der Waals surface area (Å²) in [7, 11) is 0. The van der Waals surface area contributed by atoms with E-state index < -0.39 is 23.1 Å². The van der Waals surface area contributed by atoms with Gasteiger partial charge in [0, 0.05) is 0 Å². The predicted molar refractivity (Wildman–Crippen MR) is 58.9 cm³/mol. The van der Waals surface area contributed by atoms with Crippen LogP contribution in [0.4, 0.5) is 10.1 Å². The fourth-order valence-corrected chi connectivity index (χ4v) is 1.87. The van der Waals surface area contributed by atoms with Crippen molar-refractivity contribution in [1.82, 2.24) is 0 Å². The first kappa shape index (κ1) is 11.6. The Morgan fingerprint density at radius 1 is 1.29 bits per heavy atom. The number of anilines is 1. The first-order chi connectivity index (χ1) is 8.06. The van der Waals surface area contributed by atoms with Gasteiger partial charge in [-0.15, -0.1) is 0 Å².